The van der Waals surface area contributed by atoms with Crippen LogP contribution in [0.3, 0.4) is 0 Å². The van der Waals surface area contributed by atoms with Crippen LogP contribution >= 0.6 is 15.9 Å². The summed E-state index contributed by atoms with van der Waals surface area (Å²) >= 11 is 3.31. The van der Waals surface area contributed by atoms with Gasteiger partial charge in [0.25, 0.3) is 11.7 Å². The molecule has 0 radical (unpaired) electrons. The molecule has 1 fully saturated rings. The molecule has 7 heteroatoms. The molecule has 1 heterocycles. The minimum absolute atomic E-state index is 0.0546. The summed E-state index contributed by atoms with van der Waals surface area (Å²) in [7, 11) is 0. The maximum Gasteiger partial charge on any atom is 0.295 e. The van der Waals surface area contributed by atoms with Gasteiger partial charge in [0.1, 0.15) is 17.4 Å². The summed E-state index contributed by atoms with van der Waals surface area (Å²) in [5, 5.41) is 10.9. The molecule has 1 N–H and O–H groups in total. The van der Waals surface area contributed by atoms with Crippen molar-refractivity contribution in [3.8, 4) is 0 Å². The fourth-order valence-electron chi connectivity index (χ4n) is 3.61. The van der Waals surface area contributed by atoms with E-state index in [2.05, 4.69) is 15.9 Å². The number of Topliss-reactive ketones (excluding diaryl/α,β-unsaturated/α-hetero) is 1. The Kier molecular flexibility index (Phi) is 5.69. The van der Waals surface area contributed by atoms with E-state index in [-0.39, 0.29) is 23.4 Å². The Morgan fingerprint density at radius 3 is 2.23 bits per heavy atom. The van der Waals surface area contributed by atoms with E-state index < -0.39 is 29.4 Å². The lowest BCUT2D eigenvalue weighted by atomic mass is 9.95. The summed E-state index contributed by atoms with van der Waals surface area (Å²) in [5.41, 5.74) is 0.777. The molecule has 1 aliphatic heterocycles. The van der Waals surface area contributed by atoms with E-state index in [1.807, 2.05) is 0 Å². The first-order valence-corrected chi connectivity index (χ1v) is 10.2. The third-order valence-electron chi connectivity index (χ3n) is 5.12. The highest BCUT2D eigenvalue weighted by atomic mass is 79.9. The summed E-state index contributed by atoms with van der Waals surface area (Å²) in [6.45, 7) is -0.0546. The molecule has 4 rings (SSSR count). The molecule has 0 spiro atoms. The molecule has 1 atom stereocenters. The Balaban J connectivity index is 1.87. The number of amides is 1. The molecule has 31 heavy (non-hydrogen) atoms. The molecular weight excluding hydrogens is 468 g/mol. The van der Waals surface area contributed by atoms with Crippen LogP contribution in [0.25, 0.3) is 5.76 Å². The number of carbonyl (C=O) groups excluding carboxylic acids is 2. The number of hydrogen-bond donors (Lipinski definition) is 1. The van der Waals surface area contributed by atoms with E-state index >= 15 is 0 Å². The van der Waals surface area contributed by atoms with E-state index in [1.165, 1.54) is 47.4 Å². The van der Waals surface area contributed by atoms with Crippen molar-refractivity contribution in [1.82, 2.24) is 4.90 Å². The zero-order valence-electron chi connectivity index (χ0n) is 16.1. The van der Waals surface area contributed by atoms with Crippen LogP contribution < -0.4 is 0 Å². The molecule has 3 aromatic carbocycles. The lowest BCUT2D eigenvalue weighted by Gasteiger charge is -2.25. The molecule has 1 saturated heterocycles. The molecule has 156 valence electrons. The van der Waals surface area contributed by atoms with Crippen molar-refractivity contribution >= 4 is 33.4 Å². The maximum atomic E-state index is 14.7. The number of aliphatic hydroxyl groups is 1. The second kappa shape index (κ2) is 8.43. The van der Waals surface area contributed by atoms with E-state index in [4.69, 9.17) is 0 Å². The van der Waals surface area contributed by atoms with E-state index in [9.17, 15) is 23.5 Å². The van der Waals surface area contributed by atoms with Gasteiger partial charge in [-0.25, -0.2) is 8.78 Å². The highest BCUT2D eigenvalue weighted by Gasteiger charge is 2.46. The molecule has 1 aliphatic rings. The molecule has 1 amide bonds. The van der Waals surface area contributed by atoms with Crippen LogP contribution in [0.5, 0.6) is 0 Å². The molecule has 0 bridgehead atoms. The number of likely N-dealkylation sites (tertiary alicyclic amines) is 1. The minimum atomic E-state index is -1.13. The number of carbonyl (C=O) groups is 2. The topological polar surface area (TPSA) is 57.6 Å². The van der Waals surface area contributed by atoms with E-state index in [1.54, 1.807) is 30.3 Å². The van der Waals surface area contributed by atoms with Gasteiger partial charge < -0.3 is 10.0 Å². The second-order valence-corrected chi connectivity index (χ2v) is 8.00. The average molecular weight is 484 g/mol. The Hall–Kier alpha value is -3.32. The molecule has 0 aliphatic carbocycles. The summed E-state index contributed by atoms with van der Waals surface area (Å²) < 4.78 is 28.8. The van der Waals surface area contributed by atoms with Gasteiger partial charge in [0.05, 0.1) is 11.6 Å². The van der Waals surface area contributed by atoms with Gasteiger partial charge in [0.15, 0.2) is 0 Å². The molecule has 4 nitrogen and oxygen atoms in total. The Labute approximate surface area is 185 Å². The maximum absolute atomic E-state index is 14.7. The number of ketones is 1. The largest absolute Gasteiger partial charge is 0.507 e. The number of benzene rings is 3. The van der Waals surface area contributed by atoms with Crippen LogP contribution in [0.15, 0.2) is 82.8 Å². The monoisotopic (exact) mass is 483 g/mol. The predicted octanol–water partition coefficient (Wildman–Crippen LogP) is 5.35. The van der Waals surface area contributed by atoms with Gasteiger partial charge in [-0.2, -0.15) is 0 Å². The van der Waals surface area contributed by atoms with Crippen molar-refractivity contribution in [3.05, 3.63) is 111 Å². The number of rotatable bonds is 4. The van der Waals surface area contributed by atoms with Crippen LogP contribution in [0.1, 0.15) is 22.7 Å². The predicted molar refractivity (Wildman–Crippen MR) is 115 cm³/mol. The number of aliphatic hydroxyl groups excluding tert-OH is 1. The first-order chi connectivity index (χ1) is 14.9. The first kappa shape index (κ1) is 20.9. The SMILES string of the molecule is O=C1C(=O)N(Cc2ccc(F)cc2)C(c2ccccc2F)/C1=C(/O)c1ccc(Br)cc1. The van der Waals surface area contributed by atoms with Crippen molar-refractivity contribution in [1.29, 1.82) is 0 Å². The fraction of sp³-hybridized carbons (Fsp3) is 0.0833. The summed E-state index contributed by atoms with van der Waals surface area (Å²) in [6, 6.07) is 16.7. The van der Waals surface area contributed by atoms with Crippen LogP contribution in [0, 0.1) is 11.6 Å². The van der Waals surface area contributed by atoms with Crippen molar-refractivity contribution in [2.45, 2.75) is 12.6 Å². The van der Waals surface area contributed by atoms with Crippen LogP contribution in [-0.4, -0.2) is 21.7 Å². The van der Waals surface area contributed by atoms with Gasteiger partial charge in [-0.1, -0.05) is 58.4 Å². The molecular formula is C24H16BrF2NO3. The van der Waals surface area contributed by atoms with Gasteiger partial charge in [-0.15, -0.1) is 0 Å². The van der Waals surface area contributed by atoms with Crippen molar-refractivity contribution in [2.24, 2.45) is 0 Å². The standard InChI is InChI=1S/C24H16BrF2NO3/c25-16-9-7-15(8-10-16)22(29)20-21(18-3-1-2-4-19(18)27)28(24(31)23(20)30)13-14-5-11-17(26)12-6-14/h1-12,21,29H,13H2/b22-20-. The third kappa shape index (κ3) is 4.01. The zero-order chi connectivity index (χ0) is 22.1. The van der Waals surface area contributed by atoms with Gasteiger partial charge in [0.2, 0.25) is 0 Å². The quantitative estimate of drug-likeness (QED) is 0.309. The second-order valence-electron chi connectivity index (χ2n) is 7.08. The van der Waals surface area contributed by atoms with E-state index in [0.717, 1.165) is 4.47 Å². The van der Waals surface area contributed by atoms with Crippen LogP contribution in [0.4, 0.5) is 8.78 Å². The van der Waals surface area contributed by atoms with Gasteiger partial charge >= 0.3 is 0 Å². The number of halogens is 3. The summed E-state index contributed by atoms with van der Waals surface area (Å²) in [5.74, 6) is -3.21. The average Bonchev–Trinajstić information content (AvgIpc) is 3.00. The van der Waals surface area contributed by atoms with Crippen molar-refractivity contribution in [3.63, 3.8) is 0 Å². The zero-order valence-corrected chi connectivity index (χ0v) is 17.6. The third-order valence-corrected chi connectivity index (χ3v) is 5.65. The smallest absolute Gasteiger partial charge is 0.295 e. The van der Waals surface area contributed by atoms with E-state index in [0.29, 0.717) is 11.1 Å². The van der Waals surface area contributed by atoms with Crippen LogP contribution in [-0.2, 0) is 16.1 Å². The molecule has 3 aromatic rings. The summed E-state index contributed by atoms with van der Waals surface area (Å²) in [6.07, 6.45) is 0. The van der Waals surface area contributed by atoms with Gasteiger partial charge in [-0.05, 0) is 35.9 Å². The Bertz CT molecular complexity index is 1190. The lowest BCUT2D eigenvalue weighted by Crippen LogP contribution is -2.29. The Morgan fingerprint density at radius 2 is 1.58 bits per heavy atom. The Morgan fingerprint density at radius 1 is 0.935 bits per heavy atom. The summed E-state index contributed by atoms with van der Waals surface area (Å²) in [4.78, 5) is 27.0. The van der Waals surface area contributed by atoms with Crippen LogP contribution in [0.2, 0.25) is 0 Å². The molecule has 0 saturated carbocycles. The molecule has 0 aromatic heterocycles. The first-order valence-electron chi connectivity index (χ1n) is 9.40. The highest BCUT2D eigenvalue weighted by molar-refractivity contribution is 9.10. The number of nitrogens with zero attached hydrogens (tertiary/aromatic N) is 1. The minimum Gasteiger partial charge on any atom is -0.507 e. The number of hydrogen-bond acceptors (Lipinski definition) is 3. The van der Waals surface area contributed by atoms with Gasteiger partial charge in [0, 0.05) is 22.1 Å². The van der Waals surface area contributed by atoms with Crippen molar-refractivity contribution in [2.75, 3.05) is 0 Å². The highest BCUT2D eigenvalue weighted by Crippen LogP contribution is 2.41. The van der Waals surface area contributed by atoms with Gasteiger partial charge in [-0.3, -0.25) is 9.59 Å². The molecule has 1 unspecified atom stereocenters. The van der Waals surface area contributed by atoms with Crippen molar-refractivity contribution < 1.29 is 23.5 Å². The normalized spacial score (nSPS) is 17.9. The lowest BCUT2D eigenvalue weighted by molar-refractivity contribution is -0.140. The fourth-order valence-corrected chi connectivity index (χ4v) is 3.88.